The summed E-state index contributed by atoms with van der Waals surface area (Å²) in [6, 6.07) is 14.7. The summed E-state index contributed by atoms with van der Waals surface area (Å²) in [5.41, 5.74) is 4.23. The van der Waals surface area contributed by atoms with Crippen LogP contribution in [0, 0.1) is 41.5 Å². The molecule has 0 unspecified atom stereocenters. The van der Waals surface area contributed by atoms with Crippen LogP contribution in [0.2, 0.25) is 0 Å². The van der Waals surface area contributed by atoms with E-state index in [0.29, 0.717) is 22.3 Å². The van der Waals surface area contributed by atoms with Crippen LogP contribution in [0.25, 0.3) is 0 Å². The van der Waals surface area contributed by atoms with Crippen molar-refractivity contribution in [3.63, 3.8) is 0 Å². The molecular formula is C32H28Br6O6S3. The molecule has 252 valence electrons. The minimum atomic E-state index is -4.43. The van der Waals surface area contributed by atoms with Crippen molar-refractivity contribution in [3.8, 4) is 0 Å². The number of alkyl halides is 6. The summed E-state index contributed by atoms with van der Waals surface area (Å²) < 4.78 is 82.0. The highest BCUT2D eigenvalue weighted by Crippen LogP contribution is 2.52. The van der Waals surface area contributed by atoms with Gasteiger partial charge in [-0.25, -0.2) is 25.3 Å². The molecule has 0 radical (unpaired) electrons. The van der Waals surface area contributed by atoms with Crippen LogP contribution in [0.4, 0.5) is 0 Å². The van der Waals surface area contributed by atoms with Crippen molar-refractivity contribution in [3.05, 3.63) is 105 Å². The van der Waals surface area contributed by atoms with Gasteiger partial charge >= 0.3 is 0 Å². The largest absolute Gasteiger partial charge is 0.218 e. The fraction of sp³-hybridized carbons (Fsp3) is 0.250. The molecule has 0 aliphatic heterocycles. The molecule has 4 rings (SSSR count). The van der Waals surface area contributed by atoms with Crippen molar-refractivity contribution in [1.82, 2.24) is 0 Å². The number of halogens is 6. The first-order chi connectivity index (χ1) is 21.3. The van der Waals surface area contributed by atoms with Crippen molar-refractivity contribution in [2.24, 2.45) is 0 Å². The van der Waals surface area contributed by atoms with E-state index in [1.54, 1.807) is 52.0 Å². The van der Waals surface area contributed by atoms with Crippen LogP contribution < -0.4 is 0 Å². The predicted octanol–water partition coefficient (Wildman–Crippen LogP) is 10.6. The van der Waals surface area contributed by atoms with Crippen LogP contribution >= 0.6 is 95.6 Å². The lowest BCUT2D eigenvalue weighted by Crippen LogP contribution is -2.17. The molecule has 0 N–H and O–H groups in total. The maximum absolute atomic E-state index is 14.5. The Morgan fingerprint density at radius 2 is 0.702 bits per heavy atom. The van der Waals surface area contributed by atoms with Crippen LogP contribution in [-0.4, -0.2) is 25.3 Å². The maximum atomic E-state index is 14.5. The van der Waals surface area contributed by atoms with E-state index in [1.165, 1.54) is 36.4 Å². The average Bonchev–Trinajstić information content (AvgIpc) is 2.90. The maximum Gasteiger partial charge on any atom is 0.207 e. The first-order valence-electron chi connectivity index (χ1n) is 13.6. The molecule has 0 bridgehead atoms. The summed E-state index contributed by atoms with van der Waals surface area (Å²) in [4.78, 5) is -0.364. The van der Waals surface area contributed by atoms with E-state index in [9.17, 15) is 25.3 Å². The van der Waals surface area contributed by atoms with Crippen LogP contribution in [0.15, 0.2) is 90.0 Å². The molecule has 4 aromatic carbocycles. The van der Waals surface area contributed by atoms with E-state index in [0.717, 1.165) is 11.1 Å². The normalized spacial score (nSPS) is 13.2. The second kappa shape index (κ2) is 13.6. The second-order valence-electron chi connectivity index (χ2n) is 11.3. The van der Waals surface area contributed by atoms with Crippen LogP contribution in [0.5, 0.6) is 0 Å². The molecule has 6 nitrogen and oxygen atoms in total. The van der Waals surface area contributed by atoms with Crippen LogP contribution in [-0.2, 0) is 33.8 Å². The van der Waals surface area contributed by atoms with Gasteiger partial charge in [0.2, 0.25) is 29.5 Å². The van der Waals surface area contributed by atoms with Gasteiger partial charge in [-0.3, -0.25) is 0 Å². The number of sulfone groups is 3. The molecule has 0 saturated carbocycles. The van der Waals surface area contributed by atoms with Crippen LogP contribution in [0.1, 0.15) is 44.5 Å². The van der Waals surface area contributed by atoms with Gasteiger partial charge in [-0.1, -0.05) is 131 Å². The molecular weight excluding hydrogens is 1060 g/mol. The van der Waals surface area contributed by atoms with E-state index in [4.69, 9.17) is 0 Å². The highest BCUT2D eigenvalue weighted by molar-refractivity contribution is 9.39. The van der Waals surface area contributed by atoms with Gasteiger partial charge < -0.3 is 0 Å². The Labute approximate surface area is 327 Å². The van der Waals surface area contributed by atoms with Crippen LogP contribution in [0.3, 0.4) is 0 Å². The Hall–Kier alpha value is -0.390. The molecule has 0 aromatic heterocycles. The average molecular weight is 1080 g/mol. The molecule has 0 spiro atoms. The van der Waals surface area contributed by atoms with Gasteiger partial charge in [0.05, 0.1) is 29.4 Å². The summed E-state index contributed by atoms with van der Waals surface area (Å²) in [7, 11) is -12.6. The first kappa shape index (κ1) is 39.4. The summed E-state index contributed by atoms with van der Waals surface area (Å²) in [5.74, 6) is 0. The Morgan fingerprint density at radius 3 is 0.957 bits per heavy atom. The zero-order valence-corrected chi connectivity index (χ0v) is 37.7. The second-order valence-corrected chi connectivity index (χ2v) is 30.5. The van der Waals surface area contributed by atoms with Gasteiger partial charge in [0.1, 0.15) is 0 Å². The Balaban J connectivity index is 1.97. The molecule has 0 amide bonds. The third-order valence-corrected chi connectivity index (χ3v) is 16.0. The van der Waals surface area contributed by atoms with Gasteiger partial charge in [-0.05, 0) is 100 Å². The van der Waals surface area contributed by atoms with E-state index in [-0.39, 0.29) is 40.5 Å². The zero-order chi connectivity index (χ0) is 35.7. The van der Waals surface area contributed by atoms with Crippen molar-refractivity contribution in [1.29, 1.82) is 0 Å². The van der Waals surface area contributed by atoms with E-state index in [2.05, 4.69) is 95.6 Å². The number of benzene rings is 4. The highest BCUT2D eigenvalue weighted by atomic mass is 80.0. The lowest BCUT2D eigenvalue weighted by atomic mass is 10.1. The van der Waals surface area contributed by atoms with Gasteiger partial charge in [0.25, 0.3) is 0 Å². The molecule has 15 heteroatoms. The molecule has 0 aliphatic carbocycles. The van der Waals surface area contributed by atoms with Crippen molar-refractivity contribution >= 4 is 125 Å². The van der Waals surface area contributed by atoms with E-state index < -0.39 is 33.8 Å². The molecule has 4 aromatic rings. The zero-order valence-electron chi connectivity index (χ0n) is 25.7. The third-order valence-electron chi connectivity index (χ3n) is 7.46. The Kier molecular flexibility index (Phi) is 11.4. The van der Waals surface area contributed by atoms with E-state index in [1.807, 2.05) is 13.8 Å². The van der Waals surface area contributed by atoms with Crippen molar-refractivity contribution in [2.75, 3.05) is 0 Å². The van der Waals surface area contributed by atoms with Gasteiger partial charge in [0, 0.05) is 11.1 Å². The summed E-state index contributed by atoms with van der Waals surface area (Å²) in [6.45, 7) is 10.6. The predicted molar refractivity (Wildman–Crippen MR) is 207 cm³/mol. The van der Waals surface area contributed by atoms with Gasteiger partial charge in [-0.15, -0.1) is 0 Å². The molecule has 0 aliphatic rings. The standard InChI is InChI=1S/C32H28Br6O6S3/c1-17-11-19(3)29(20(4)12-17)45(39,40)23-7-9-27(25(15-23)31(33,34)35)47(43,44)28-10-8-24(16-26(28)32(36,37)38)46(41,42)30-21(5)13-18(2)14-22(30)6/h7-16H,1-6H3. The monoisotopic (exact) mass is 1080 g/mol. The topological polar surface area (TPSA) is 102 Å². The van der Waals surface area contributed by atoms with Gasteiger partial charge in [0.15, 0.2) is 4.29 Å². The number of aryl methyl sites for hydroxylation is 6. The summed E-state index contributed by atoms with van der Waals surface area (Å²) >= 11 is 20.4. The lowest BCUT2D eigenvalue weighted by Gasteiger charge is -2.23. The minimum absolute atomic E-state index is 0.0545. The Morgan fingerprint density at radius 1 is 0.426 bits per heavy atom. The fourth-order valence-corrected chi connectivity index (χ4v) is 13.7. The minimum Gasteiger partial charge on any atom is -0.218 e. The molecule has 0 heterocycles. The smallest absolute Gasteiger partial charge is 0.207 e. The number of hydrogen-bond donors (Lipinski definition) is 0. The van der Waals surface area contributed by atoms with Crippen molar-refractivity contribution < 1.29 is 25.3 Å². The summed E-state index contributed by atoms with van der Waals surface area (Å²) in [6.07, 6.45) is 0. The first-order valence-corrected chi connectivity index (χ1v) is 22.9. The number of hydrogen-bond acceptors (Lipinski definition) is 6. The fourth-order valence-electron chi connectivity index (χ4n) is 5.80. The van der Waals surface area contributed by atoms with Crippen molar-refractivity contribution in [2.45, 2.75) is 75.2 Å². The Bertz CT molecular complexity index is 2070. The number of rotatable bonds is 6. The lowest BCUT2D eigenvalue weighted by molar-refractivity contribution is 0.589. The quantitative estimate of drug-likeness (QED) is 0.178. The van der Waals surface area contributed by atoms with Gasteiger partial charge in [-0.2, -0.15) is 0 Å². The molecule has 47 heavy (non-hydrogen) atoms. The SMILES string of the molecule is Cc1cc(C)c(S(=O)(=O)c2ccc(S(=O)(=O)c3ccc(S(=O)(=O)c4c(C)cc(C)cc4C)cc3C(Br)(Br)Br)c(C(Br)(Br)Br)c2)c(C)c1. The van der Waals surface area contributed by atoms with E-state index >= 15 is 0 Å². The molecule has 0 fully saturated rings. The molecule has 0 saturated heterocycles. The molecule has 0 atom stereocenters. The summed E-state index contributed by atoms with van der Waals surface area (Å²) in [5, 5.41) is 0. The third kappa shape index (κ3) is 7.78. The highest BCUT2D eigenvalue weighted by Gasteiger charge is 2.38.